The van der Waals surface area contributed by atoms with Crippen molar-refractivity contribution in [2.75, 3.05) is 14.2 Å². The fourth-order valence-electron chi connectivity index (χ4n) is 2.55. The Morgan fingerprint density at radius 1 is 0.889 bits per heavy atom. The molecule has 0 saturated heterocycles. The Hall–Kier alpha value is -3.42. The summed E-state index contributed by atoms with van der Waals surface area (Å²) in [7, 11) is 2.82. The number of carboxylic acid groups (broad SMARTS) is 1. The smallest absolute Gasteiger partial charge is 0.312 e. The van der Waals surface area contributed by atoms with Gasteiger partial charge in [0.05, 0.1) is 14.2 Å². The van der Waals surface area contributed by atoms with Gasteiger partial charge in [-0.15, -0.1) is 0 Å². The number of nitrogens with zero attached hydrogens (tertiary/aromatic N) is 1. The molecule has 2 rings (SSSR count). The predicted molar refractivity (Wildman–Crippen MR) is 95.8 cm³/mol. The highest BCUT2D eigenvalue weighted by Crippen LogP contribution is 2.29. The molecular formula is C19H21NO7. The molecule has 0 spiro atoms. The minimum Gasteiger partial charge on any atom is -0.504 e. The number of ether oxygens (including phenoxy) is 2. The summed E-state index contributed by atoms with van der Waals surface area (Å²) in [5, 5.41) is 28.3. The molecule has 0 saturated carbocycles. The van der Waals surface area contributed by atoms with Crippen LogP contribution in [0.15, 0.2) is 36.4 Å². The monoisotopic (exact) mass is 375 g/mol. The zero-order valence-electron chi connectivity index (χ0n) is 15.0. The highest BCUT2D eigenvalue weighted by molar-refractivity contribution is 5.93. The van der Waals surface area contributed by atoms with Gasteiger partial charge in [-0.1, -0.05) is 12.1 Å². The number of amides is 1. The normalized spacial score (nSPS) is 10.3. The molecule has 0 heterocycles. The van der Waals surface area contributed by atoms with Crippen LogP contribution in [0, 0.1) is 0 Å². The third-order valence-corrected chi connectivity index (χ3v) is 3.89. The molecule has 0 unspecified atom stereocenters. The van der Waals surface area contributed by atoms with E-state index in [1.807, 2.05) is 0 Å². The lowest BCUT2D eigenvalue weighted by molar-refractivity contribution is -0.144. The Morgan fingerprint density at radius 2 is 1.33 bits per heavy atom. The summed E-state index contributed by atoms with van der Waals surface area (Å²) in [4.78, 5) is 24.7. The van der Waals surface area contributed by atoms with Crippen LogP contribution in [0.25, 0.3) is 0 Å². The third-order valence-electron chi connectivity index (χ3n) is 3.89. The Kier molecular flexibility index (Phi) is 6.48. The van der Waals surface area contributed by atoms with Crippen LogP contribution in [0.5, 0.6) is 23.0 Å². The Morgan fingerprint density at radius 3 is 1.70 bits per heavy atom. The van der Waals surface area contributed by atoms with E-state index in [0.29, 0.717) is 11.1 Å². The number of carbonyl (C=O) groups is 2. The molecule has 2 aromatic carbocycles. The Labute approximate surface area is 156 Å². The number of carboxylic acids is 1. The first kappa shape index (κ1) is 19.9. The number of hydrogen-bond donors (Lipinski definition) is 3. The van der Waals surface area contributed by atoms with E-state index in [-0.39, 0.29) is 36.1 Å². The molecular weight excluding hydrogens is 354 g/mol. The number of phenols is 2. The van der Waals surface area contributed by atoms with Crippen molar-refractivity contribution in [2.45, 2.75) is 19.5 Å². The first-order valence-electron chi connectivity index (χ1n) is 8.05. The second kappa shape index (κ2) is 8.79. The molecule has 0 aliphatic heterocycles. The predicted octanol–water partition coefficient (Wildman–Crippen LogP) is 2.12. The molecule has 1 amide bonds. The molecule has 0 bridgehead atoms. The van der Waals surface area contributed by atoms with Gasteiger partial charge in [-0.3, -0.25) is 9.59 Å². The van der Waals surface area contributed by atoms with E-state index in [2.05, 4.69) is 0 Å². The van der Waals surface area contributed by atoms with Gasteiger partial charge in [0.1, 0.15) is 6.42 Å². The number of rotatable bonds is 8. The Balaban J connectivity index is 2.28. The van der Waals surface area contributed by atoms with Crippen molar-refractivity contribution in [3.8, 4) is 23.0 Å². The van der Waals surface area contributed by atoms with Crippen molar-refractivity contribution in [3.05, 3.63) is 47.5 Å². The largest absolute Gasteiger partial charge is 0.504 e. The highest BCUT2D eigenvalue weighted by Gasteiger charge is 2.19. The first-order valence-corrected chi connectivity index (χ1v) is 8.05. The molecule has 0 fully saturated rings. The zero-order chi connectivity index (χ0) is 20.0. The number of phenolic OH excluding ortho intramolecular Hbond substituents is 2. The van der Waals surface area contributed by atoms with Crippen molar-refractivity contribution in [2.24, 2.45) is 0 Å². The van der Waals surface area contributed by atoms with Crippen LogP contribution in [0.2, 0.25) is 0 Å². The lowest BCUT2D eigenvalue weighted by Gasteiger charge is -2.23. The van der Waals surface area contributed by atoms with E-state index in [1.165, 1.54) is 31.3 Å². The average Bonchev–Trinajstić information content (AvgIpc) is 2.63. The van der Waals surface area contributed by atoms with Crippen molar-refractivity contribution in [1.82, 2.24) is 4.90 Å². The second-order valence-corrected chi connectivity index (χ2v) is 5.83. The third kappa shape index (κ3) is 5.27. The second-order valence-electron chi connectivity index (χ2n) is 5.83. The molecule has 8 heteroatoms. The molecule has 144 valence electrons. The number of benzene rings is 2. The van der Waals surface area contributed by atoms with Crippen molar-refractivity contribution in [1.29, 1.82) is 0 Å². The van der Waals surface area contributed by atoms with Crippen LogP contribution in [0.4, 0.5) is 0 Å². The van der Waals surface area contributed by atoms with Gasteiger partial charge in [0, 0.05) is 13.1 Å². The van der Waals surface area contributed by atoms with Gasteiger partial charge in [-0.05, 0) is 35.4 Å². The molecule has 27 heavy (non-hydrogen) atoms. The van der Waals surface area contributed by atoms with Crippen molar-refractivity contribution >= 4 is 11.9 Å². The lowest BCUT2D eigenvalue weighted by Crippen LogP contribution is -2.31. The number of carbonyl (C=O) groups excluding carboxylic acids is 1. The first-order chi connectivity index (χ1) is 12.8. The van der Waals surface area contributed by atoms with E-state index in [0.717, 1.165) is 0 Å². The van der Waals surface area contributed by atoms with E-state index in [1.54, 1.807) is 24.3 Å². The summed E-state index contributed by atoms with van der Waals surface area (Å²) < 4.78 is 10.1. The molecule has 0 aliphatic carbocycles. The van der Waals surface area contributed by atoms with Crippen LogP contribution in [0.3, 0.4) is 0 Å². The summed E-state index contributed by atoms with van der Waals surface area (Å²) >= 11 is 0. The summed E-state index contributed by atoms with van der Waals surface area (Å²) in [5.74, 6) is -1.35. The van der Waals surface area contributed by atoms with Gasteiger partial charge in [0.25, 0.3) is 0 Å². The molecule has 8 nitrogen and oxygen atoms in total. The molecule has 3 N–H and O–H groups in total. The van der Waals surface area contributed by atoms with Gasteiger partial charge in [-0.2, -0.15) is 0 Å². The number of aromatic hydroxyl groups is 2. The maximum atomic E-state index is 12.4. The SMILES string of the molecule is COc1cc(CN(Cc2ccc(O)c(OC)c2)C(=O)CC(=O)O)ccc1O. The molecule has 0 radical (unpaired) electrons. The van der Waals surface area contributed by atoms with E-state index < -0.39 is 18.3 Å². The topological polar surface area (TPSA) is 117 Å². The number of methoxy groups -OCH3 is 2. The Bertz CT molecular complexity index is 779. The fraction of sp³-hybridized carbons (Fsp3) is 0.263. The van der Waals surface area contributed by atoms with E-state index in [4.69, 9.17) is 14.6 Å². The molecule has 2 aromatic rings. The summed E-state index contributed by atoms with van der Waals surface area (Å²) in [6.45, 7) is 0.234. The van der Waals surface area contributed by atoms with Gasteiger partial charge in [0.2, 0.25) is 5.91 Å². The minimum atomic E-state index is -1.23. The van der Waals surface area contributed by atoms with Gasteiger partial charge in [-0.25, -0.2) is 0 Å². The average molecular weight is 375 g/mol. The van der Waals surface area contributed by atoms with Crippen molar-refractivity contribution in [3.63, 3.8) is 0 Å². The maximum absolute atomic E-state index is 12.4. The quantitative estimate of drug-likeness (QED) is 0.605. The van der Waals surface area contributed by atoms with Crippen LogP contribution in [-0.2, 0) is 22.7 Å². The molecule has 0 aromatic heterocycles. The standard InChI is InChI=1S/C19H21NO7/c1-26-16-7-12(3-5-14(16)21)10-20(18(23)9-19(24)25)11-13-4-6-15(22)17(8-13)27-2/h3-8,21-22H,9-11H2,1-2H3,(H,24,25). The maximum Gasteiger partial charge on any atom is 0.312 e. The minimum absolute atomic E-state index is 0.0343. The van der Waals surface area contributed by atoms with Crippen LogP contribution >= 0.6 is 0 Å². The molecule has 0 aliphatic rings. The van der Waals surface area contributed by atoms with Crippen LogP contribution < -0.4 is 9.47 Å². The summed E-state index contributed by atoms with van der Waals surface area (Å²) in [6, 6.07) is 9.28. The van der Waals surface area contributed by atoms with E-state index >= 15 is 0 Å². The van der Waals surface area contributed by atoms with Crippen LogP contribution in [0.1, 0.15) is 17.5 Å². The van der Waals surface area contributed by atoms with E-state index in [9.17, 15) is 19.8 Å². The van der Waals surface area contributed by atoms with Crippen molar-refractivity contribution < 1.29 is 34.4 Å². The van der Waals surface area contributed by atoms with Crippen LogP contribution in [-0.4, -0.2) is 46.3 Å². The van der Waals surface area contributed by atoms with Gasteiger partial charge >= 0.3 is 5.97 Å². The molecule has 0 atom stereocenters. The van der Waals surface area contributed by atoms with Gasteiger partial charge in [0.15, 0.2) is 23.0 Å². The lowest BCUT2D eigenvalue weighted by atomic mass is 10.1. The fourth-order valence-corrected chi connectivity index (χ4v) is 2.55. The number of hydrogen-bond acceptors (Lipinski definition) is 6. The zero-order valence-corrected chi connectivity index (χ0v) is 15.0. The highest BCUT2D eigenvalue weighted by atomic mass is 16.5. The number of aliphatic carboxylic acids is 1. The summed E-state index contributed by atoms with van der Waals surface area (Å²) in [5.41, 5.74) is 1.32. The van der Waals surface area contributed by atoms with Gasteiger partial charge < -0.3 is 29.7 Å². The summed E-state index contributed by atoms with van der Waals surface area (Å²) in [6.07, 6.45) is -0.648.